The Balaban J connectivity index is 2.11. The number of aromatic carboxylic acids is 1. The van der Waals surface area contributed by atoms with Crippen LogP contribution in [0.1, 0.15) is 17.4 Å². The predicted molar refractivity (Wildman–Crippen MR) is 73.9 cm³/mol. The summed E-state index contributed by atoms with van der Waals surface area (Å²) in [6.07, 6.45) is 2.70. The lowest BCUT2D eigenvalue weighted by molar-refractivity contribution is -0.114. The van der Waals surface area contributed by atoms with Gasteiger partial charge in [-0.2, -0.15) is 0 Å². The molecule has 0 fully saturated rings. The molecule has 0 aliphatic rings. The first-order valence-corrected chi connectivity index (χ1v) is 6.47. The summed E-state index contributed by atoms with van der Waals surface area (Å²) < 4.78 is 0. The summed E-state index contributed by atoms with van der Waals surface area (Å²) in [5, 5.41) is 12.0. The molecule has 0 atom stereocenters. The third kappa shape index (κ3) is 3.79. The topological polar surface area (TPSA) is 92.2 Å². The Hall–Kier alpha value is -2.41. The van der Waals surface area contributed by atoms with Gasteiger partial charge in [-0.05, 0) is 24.3 Å². The van der Waals surface area contributed by atoms with E-state index in [0.717, 1.165) is 4.90 Å². The average molecular weight is 289 g/mol. The van der Waals surface area contributed by atoms with Crippen molar-refractivity contribution in [3.8, 4) is 0 Å². The molecule has 0 saturated heterocycles. The van der Waals surface area contributed by atoms with Crippen molar-refractivity contribution in [3.05, 3.63) is 42.4 Å². The van der Waals surface area contributed by atoms with Crippen LogP contribution in [0.15, 0.2) is 46.6 Å². The highest BCUT2D eigenvalue weighted by Gasteiger charge is 2.07. The zero-order valence-electron chi connectivity index (χ0n) is 10.5. The molecular weight excluding hydrogens is 278 g/mol. The van der Waals surface area contributed by atoms with Gasteiger partial charge in [0.05, 0.1) is 12.4 Å². The molecule has 2 rings (SSSR count). The largest absolute Gasteiger partial charge is 0.476 e. The van der Waals surface area contributed by atoms with Gasteiger partial charge in [0.1, 0.15) is 5.03 Å². The molecule has 102 valence electrons. The average Bonchev–Trinajstić information content (AvgIpc) is 2.41. The van der Waals surface area contributed by atoms with Crippen molar-refractivity contribution in [2.45, 2.75) is 16.8 Å². The Bertz CT molecular complexity index is 644. The molecule has 1 aromatic carbocycles. The van der Waals surface area contributed by atoms with Gasteiger partial charge < -0.3 is 10.4 Å². The molecule has 7 heteroatoms. The summed E-state index contributed by atoms with van der Waals surface area (Å²) in [5.74, 6) is -1.24. The van der Waals surface area contributed by atoms with Crippen LogP contribution in [0, 0.1) is 0 Å². The number of aromatic nitrogens is 2. The summed E-state index contributed by atoms with van der Waals surface area (Å²) in [6, 6.07) is 7.15. The number of hydrogen-bond acceptors (Lipinski definition) is 5. The van der Waals surface area contributed by atoms with E-state index in [0.29, 0.717) is 10.7 Å². The molecule has 0 aliphatic heterocycles. The van der Waals surface area contributed by atoms with Crippen LogP contribution in [0.25, 0.3) is 0 Å². The number of rotatable bonds is 4. The highest BCUT2D eigenvalue weighted by Crippen LogP contribution is 2.26. The Morgan fingerprint density at radius 2 is 1.90 bits per heavy atom. The van der Waals surface area contributed by atoms with Crippen molar-refractivity contribution in [2.75, 3.05) is 5.32 Å². The monoisotopic (exact) mass is 289 g/mol. The van der Waals surface area contributed by atoms with Crippen molar-refractivity contribution < 1.29 is 14.7 Å². The maximum atomic E-state index is 10.9. The van der Waals surface area contributed by atoms with Gasteiger partial charge in [-0.15, -0.1) is 0 Å². The Morgan fingerprint density at radius 3 is 2.50 bits per heavy atom. The minimum absolute atomic E-state index is 0.0927. The maximum Gasteiger partial charge on any atom is 0.356 e. The summed E-state index contributed by atoms with van der Waals surface area (Å²) >= 11 is 1.30. The molecule has 1 amide bonds. The van der Waals surface area contributed by atoms with E-state index in [2.05, 4.69) is 15.3 Å². The first-order chi connectivity index (χ1) is 9.54. The van der Waals surface area contributed by atoms with Crippen molar-refractivity contribution in [3.63, 3.8) is 0 Å². The summed E-state index contributed by atoms with van der Waals surface area (Å²) in [4.78, 5) is 30.4. The molecule has 0 radical (unpaired) electrons. The highest BCUT2D eigenvalue weighted by molar-refractivity contribution is 7.99. The number of hydrogen-bond donors (Lipinski definition) is 2. The Morgan fingerprint density at radius 1 is 1.20 bits per heavy atom. The van der Waals surface area contributed by atoms with Gasteiger partial charge in [-0.3, -0.25) is 9.78 Å². The molecule has 0 bridgehead atoms. The molecule has 20 heavy (non-hydrogen) atoms. The molecular formula is C13H11N3O3S. The lowest BCUT2D eigenvalue weighted by Crippen LogP contribution is -2.05. The number of anilines is 1. The second-order valence-corrected chi connectivity index (χ2v) is 4.95. The van der Waals surface area contributed by atoms with E-state index in [-0.39, 0.29) is 11.6 Å². The molecule has 2 aromatic rings. The standard InChI is InChI=1S/C13H11N3O3S/c1-8(17)15-9-2-4-10(5-3-9)20-12-7-14-6-11(16-12)13(18)19/h2-7H,1H3,(H,15,17)(H,18,19). The number of carboxylic acids is 1. The van der Waals surface area contributed by atoms with Crippen molar-refractivity contribution >= 4 is 29.3 Å². The Kier molecular flexibility index (Phi) is 4.31. The summed E-state index contributed by atoms with van der Waals surface area (Å²) in [7, 11) is 0. The van der Waals surface area contributed by atoms with E-state index in [1.165, 1.54) is 31.1 Å². The van der Waals surface area contributed by atoms with Gasteiger partial charge in [0.25, 0.3) is 0 Å². The maximum absolute atomic E-state index is 10.9. The fraction of sp³-hybridized carbons (Fsp3) is 0.0769. The van der Waals surface area contributed by atoms with Gasteiger partial charge in [-0.1, -0.05) is 11.8 Å². The molecule has 6 nitrogen and oxygen atoms in total. The quantitative estimate of drug-likeness (QED) is 0.897. The molecule has 0 unspecified atom stereocenters. The third-order valence-electron chi connectivity index (χ3n) is 2.23. The van der Waals surface area contributed by atoms with E-state index >= 15 is 0 Å². The predicted octanol–water partition coefficient (Wildman–Crippen LogP) is 2.28. The lowest BCUT2D eigenvalue weighted by Gasteiger charge is -2.04. The first-order valence-electron chi connectivity index (χ1n) is 5.65. The van der Waals surface area contributed by atoms with Gasteiger partial charge in [0.2, 0.25) is 5.91 Å². The SMILES string of the molecule is CC(=O)Nc1ccc(Sc2cncc(C(=O)O)n2)cc1. The molecule has 0 spiro atoms. The fourth-order valence-corrected chi connectivity index (χ4v) is 2.20. The summed E-state index contributed by atoms with van der Waals surface area (Å²) in [6.45, 7) is 1.44. The van der Waals surface area contributed by atoms with Gasteiger partial charge in [0, 0.05) is 17.5 Å². The number of benzene rings is 1. The van der Waals surface area contributed by atoms with E-state index in [4.69, 9.17) is 5.11 Å². The number of nitrogens with one attached hydrogen (secondary N) is 1. The van der Waals surface area contributed by atoms with E-state index < -0.39 is 5.97 Å². The minimum atomic E-state index is -1.11. The molecule has 0 aliphatic carbocycles. The zero-order chi connectivity index (χ0) is 14.5. The summed E-state index contributed by atoms with van der Waals surface area (Å²) in [5.41, 5.74) is 0.608. The second kappa shape index (κ2) is 6.16. The third-order valence-corrected chi connectivity index (χ3v) is 3.14. The molecule has 1 heterocycles. The van der Waals surface area contributed by atoms with Crippen LogP contribution >= 0.6 is 11.8 Å². The van der Waals surface area contributed by atoms with E-state index in [1.807, 2.05) is 12.1 Å². The molecule has 1 aromatic heterocycles. The van der Waals surface area contributed by atoms with Crippen LogP contribution in [0.5, 0.6) is 0 Å². The van der Waals surface area contributed by atoms with Crippen LogP contribution in [0.4, 0.5) is 5.69 Å². The number of carbonyl (C=O) groups excluding carboxylic acids is 1. The van der Waals surface area contributed by atoms with Gasteiger partial charge in [0.15, 0.2) is 5.69 Å². The fourth-order valence-electron chi connectivity index (χ4n) is 1.43. The second-order valence-electron chi connectivity index (χ2n) is 3.86. The van der Waals surface area contributed by atoms with E-state index in [9.17, 15) is 9.59 Å². The number of carbonyl (C=O) groups is 2. The Labute approximate surface area is 119 Å². The molecule has 2 N–H and O–H groups in total. The van der Waals surface area contributed by atoms with Crippen molar-refractivity contribution in [1.82, 2.24) is 9.97 Å². The van der Waals surface area contributed by atoms with Crippen LogP contribution in [0.3, 0.4) is 0 Å². The smallest absolute Gasteiger partial charge is 0.356 e. The number of carboxylic acid groups (broad SMARTS) is 1. The van der Waals surface area contributed by atoms with Crippen LogP contribution in [0.2, 0.25) is 0 Å². The van der Waals surface area contributed by atoms with Crippen LogP contribution in [-0.4, -0.2) is 27.0 Å². The highest BCUT2D eigenvalue weighted by atomic mass is 32.2. The van der Waals surface area contributed by atoms with Crippen LogP contribution in [-0.2, 0) is 4.79 Å². The van der Waals surface area contributed by atoms with Crippen molar-refractivity contribution in [1.29, 1.82) is 0 Å². The normalized spacial score (nSPS) is 10.1. The first kappa shape index (κ1) is 14.0. The number of amides is 1. The van der Waals surface area contributed by atoms with E-state index in [1.54, 1.807) is 12.1 Å². The van der Waals surface area contributed by atoms with Gasteiger partial charge in [-0.25, -0.2) is 9.78 Å². The zero-order valence-corrected chi connectivity index (χ0v) is 11.3. The molecule has 0 saturated carbocycles. The van der Waals surface area contributed by atoms with Gasteiger partial charge >= 0.3 is 5.97 Å². The lowest BCUT2D eigenvalue weighted by atomic mass is 10.3. The van der Waals surface area contributed by atoms with Crippen molar-refractivity contribution in [2.24, 2.45) is 0 Å². The number of nitrogens with zero attached hydrogens (tertiary/aromatic N) is 2. The van der Waals surface area contributed by atoms with Crippen LogP contribution < -0.4 is 5.32 Å². The minimum Gasteiger partial charge on any atom is -0.476 e.